The molecule has 3 aromatic carbocycles. The summed E-state index contributed by atoms with van der Waals surface area (Å²) in [6.07, 6.45) is 21.3. The first-order valence-corrected chi connectivity index (χ1v) is 17.3. The van der Waals surface area contributed by atoms with Crippen LogP contribution in [0.4, 0.5) is 0 Å². The maximum atomic E-state index is 10.2. The van der Waals surface area contributed by atoms with Crippen LogP contribution < -0.4 is 0 Å². The van der Waals surface area contributed by atoms with Crippen LogP contribution in [0.25, 0.3) is 0 Å². The van der Waals surface area contributed by atoms with Crippen molar-refractivity contribution in [2.45, 2.75) is 121 Å². The van der Waals surface area contributed by atoms with Crippen LogP contribution in [0.5, 0.6) is 0 Å². The van der Waals surface area contributed by atoms with Gasteiger partial charge in [0, 0.05) is 6.61 Å². The van der Waals surface area contributed by atoms with Gasteiger partial charge >= 0.3 is 0 Å². The molecule has 0 heterocycles. The number of hydrogen-bond acceptors (Lipinski definition) is 3. The predicted molar refractivity (Wildman–Crippen MR) is 182 cm³/mol. The second kappa shape index (κ2) is 22.1. The summed E-state index contributed by atoms with van der Waals surface area (Å²) in [4.78, 5) is 0. The molecule has 0 aliphatic heterocycles. The third-order valence-electron chi connectivity index (χ3n) is 8.58. The largest absolute Gasteiger partial charge is 0.394 e. The number of ether oxygens (including phenoxy) is 2. The molecule has 0 saturated heterocycles. The van der Waals surface area contributed by atoms with Crippen LogP contribution in [0.1, 0.15) is 126 Å². The van der Waals surface area contributed by atoms with Crippen LogP contribution in [0.3, 0.4) is 0 Å². The van der Waals surface area contributed by atoms with E-state index in [0.29, 0.717) is 13.2 Å². The molecule has 236 valence electrons. The zero-order valence-corrected chi connectivity index (χ0v) is 26.9. The number of rotatable bonds is 25. The molecule has 0 saturated carbocycles. The van der Waals surface area contributed by atoms with Gasteiger partial charge in [-0.15, -0.1) is 0 Å². The molecular weight excluding hydrogens is 528 g/mol. The van der Waals surface area contributed by atoms with E-state index in [1.165, 1.54) is 96.3 Å². The average molecular weight is 587 g/mol. The average Bonchev–Trinajstić information content (AvgIpc) is 3.07. The van der Waals surface area contributed by atoms with Crippen molar-refractivity contribution < 1.29 is 14.6 Å². The molecule has 3 nitrogen and oxygen atoms in total. The summed E-state index contributed by atoms with van der Waals surface area (Å²) >= 11 is 0. The lowest BCUT2D eigenvalue weighted by atomic mass is 9.80. The van der Waals surface area contributed by atoms with Gasteiger partial charge in [-0.2, -0.15) is 0 Å². The Morgan fingerprint density at radius 1 is 0.512 bits per heavy atom. The van der Waals surface area contributed by atoms with Crippen molar-refractivity contribution >= 4 is 0 Å². The van der Waals surface area contributed by atoms with Gasteiger partial charge in [-0.1, -0.05) is 194 Å². The standard InChI is InChI=1S/C40H58O3/c1-2-3-4-5-6-7-8-9-10-11-12-13-14-15-16-26-33-42-39(34-41)35-43-40(36-27-20-17-21-28-36,37-29-22-18-23-30-37)38-31-24-19-25-32-38/h17-25,27-32,39,41H,2-16,26,33-35H2,1H3. The van der Waals surface area contributed by atoms with Crippen molar-refractivity contribution in [3.05, 3.63) is 108 Å². The number of unbranched alkanes of at least 4 members (excludes halogenated alkanes) is 15. The summed E-state index contributed by atoms with van der Waals surface area (Å²) in [5.41, 5.74) is 2.38. The Hall–Kier alpha value is -2.46. The van der Waals surface area contributed by atoms with Crippen LogP contribution in [0, 0.1) is 0 Å². The molecule has 0 amide bonds. The van der Waals surface area contributed by atoms with E-state index < -0.39 is 5.60 Å². The van der Waals surface area contributed by atoms with Gasteiger partial charge in [0.1, 0.15) is 11.7 Å². The molecule has 1 N–H and O–H groups in total. The van der Waals surface area contributed by atoms with Crippen LogP contribution in [-0.4, -0.2) is 31.0 Å². The monoisotopic (exact) mass is 586 g/mol. The lowest BCUT2D eigenvalue weighted by Crippen LogP contribution is -2.37. The zero-order valence-electron chi connectivity index (χ0n) is 26.9. The van der Waals surface area contributed by atoms with E-state index in [1.54, 1.807) is 0 Å². The number of aliphatic hydroxyl groups excluding tert-OH is 1. The fourth-order valence-corrected chi connectivity index (χ4v) is 6.04. The Balaban J connectivity index is 1.36. The second-order valence-corrected chi connectivity index (χ2v) is 12.1. The summed E-state index contributed by atoms with van der Waals surface area (Å²) in [5.74, 6) is 0. The normalized spacial score (nSPS) is 12.4. The SMILES string of the molecule is CCCCCCCCCCCCCCCCCCOC(CO)COC(c1ccccc1)(c1ccccc1)c1ccccc1. The molecule has 43 heavy (non-hydrogen) atoms. The molecule has 3 aromatic rings. The highest BCUT2D eigenvalue weighted by molar-refractivity contribution is 5.47. The third kappa shape index (κ3) is 12.6. The summed E-state index contributed by atoms with van der Waals surface area (Å²) in [6.45, 7) is 3.18. The summed E-state index contributed by atoms with van der Waals surface area (Å²) in [5, 5.41) is 10.2. The molecule has 1 unspecified atom stereocenters. The van der Waals surface area contributed by atoms with E-state index in [0.717, 1.165) is 23.1 Å². The van der Waals surface area contributed by atoms with Crippen LogP contribution in [0.2, 0.25) is 0 Å². The predicted octanol–water partition coefficient (Wildman–Crippen LogP) is 10.6. The maximum absolute atomic E-state index is 10.2. The molecule has 0 aromatic heterocycles. The molecule has 0 aliphatic carbocycles. The summed E-state index contributed by atoms with van der Waals surface area (Å²) < 4.78 is 13.0. The Bertz CT molecular complexity index is 940. The molecular formula is C40H58O3. The van der Waals surface area contributed by atoms with Gasteiger partial charge in [0.25, 0.3) is 0 Å². The molecule has 0 radical (unpaired) electrons. The van der Waals surface area contributed by atoms with E-state index >= 15 is 0 Å². The molecule has 1 atom stereocenters. The quantitative estimate of drug-likeness (QED) is 0.0793. The highest BCUT2D eigenvalue weighted by Crippen LogP contribution is 2.40. The Morgan fingerprint density at radius 2 is 0.860 bits per heavy atom. The second-order valence-electron chi connectivity index (χ2n) is 12.1. The van der Waals surface area contributed by atoms with Crippen molar-refractivity contribution in [2.75, 3.05) is 19.8 Å². The Morgan fingerprint density at radius 3 is 1.21 bits per heavy atom. The zero-order chi connectivity index (χ0) is 30.3. The minimum Gasteiger partial charge on any atom is -0.394 e. The Kier molecular flexibility index (Phi) is 18.0. The smallest absolute Gasteiger partial charge is 0.143 e. The lowest BCUT2D eigenvalue weighted by Gasteiger charge is -2.37. The van der Waals surface area contributed by atoms with E-state index in [4.69, 9.17) is 9.47 Å². The van der Waals surface area contributed by atoms with Crippen molar-refractivity contribution in [1.29, 1.82) is 0 Å². The molecule has 0 fully saturated rings. The topological polar surface area (TPSA) is 38.7 Å². The van der Waals surface area contributed by atoms with Gasteiger partial charge in [-0.3, -0.25) is 0 Å². The lowest BCUT2D eigenvalue weighted by molar-refractivity contribution is -0.0813. The Labute approximate surface area is 263 Å². The highest BCUT2D eigenvalue weighted by Gasteiger charge is 2.38. The van der Waals surface area contributed by atoms with Crippen molar-refractivity contribution in [2.24, 2.45) is 0 Å². The first kappa shape index (κ1) is 35.0. The van der Waals surface area contributed by atoms with Crippen LogP contribution >= 0.6 is 0 Å². The molecule has 0 bridgehead atoms. The summed E-state index contributed by atoms with van der Waals surface area (Å²) in [6, 6.07) is 31.1. The molecule has 3 rings (SSSR count). The highest BCUT2D eigenvalue weighted by atomic mass is 16.5. The van der Waals surface area contributed by atoms with Crippen molar-refractivity contribution in [3.63, 3.8) is 0 Å². The minimum atomic E-state index is -0.797. The van der Waals surface area contributed by atoms with E-state index in [2.05, 4.69) is 79.7 Å². The maximum Gasteiger partial charge on any atom is 0.143 e. The first-order chi connectivity index (χ1) is 21.3. The van der Waals surface area contributed by atoms with Gasteiger partial charge in [0.2, 0.25) is 0 Å². The van der Waals surface area contributed by atoms with Crippen molar-refractivity contribution in [3.8, 4) is 0 Å². The molecule has 0 spiro atoms. The molecule has 0 aliphatic rings. The first-order valence-electron chi connectivity index (χ1n) is 17.3. The van der Waals surface area contributed by atoms with E-state index in [-0.39, 0.29) is 12.7 Å². The minimum absolute atomic E-state index is 0.0622. The van der Waals surface area contributed by atoms with Gasteiger partial charge in [-0.05, 0) is 23.1 Å². The van der Waals surface area contributed by atoms with Gasteiger partial charge in [0.05, 0.1) is 13.2 Å². The fourth-order valence-electron chi connectivity index (χ4n) is 6.04. The summed E-state index contributed by atoms with van der Waals surface area (Å²) in [7, 11) is 0. The van der Waals surface area contributed by atoms with Crippen LogP contribution in [0.15, 0.2) is 91.0 Å². The van der Waals surface area contributed by atoms with Gasteiger partial charge in [-0.25, -0.2) is 0 Å². The van der Waals surface area contributed by atoms with Gasteiger partial charge in [0.15, 0.2) is 0 Å². The number of aliphatic hydroxyl groups is 1. The number of benzene rings is 3. The van der Waals surface area contributed by atoms with E-state index in [1.807, 2.05) is 18.2 Å². The van der Waals surface area contributed by atoms with Gasteiger partial charge < -0.3 is 14.6 Å². The fraction of sp³-hybridized carbons (Fsp3) is 0.550. The third-order valence-corrected chi connectivity index (χ3v) is 8.58. The number of hydrogen-bond donors (Lipinski definition) is 1. The van der Waals surface area contributed by atoms with Crippen molar-refractivity contribution in [1.82, 2.24) is 0 Å². The van der Waals surface area contributed by atoms with Crippen LogP contribution in [-0.2, 0) is 15.1 Å². The molecule has 3 heteroatoms. The van der Waals surface area contributed by atoms with E-state index in [9.17, 15) is 5.11 Å².